The number of rotatable bonds is 7. The third-order valence-electron chi connectivity index (χ3n) is 6.32. The summed E-state index contributed by atoms with van der Waals surface area (Å²) in [6.45, 7) is 6.87. The van der Waals surface area contributed by atoms with Gasteiger partial charge in [-0.25, -0.2) is 9.78 Å². The second-order valence-electron chi connectivity index (χ2n) is 10.4. The van der Waals surface area contributed by atoms with Gasteiger partial charge < -0.3 is 24.5 Å². The van der Waals surface area contributed by atoms with Crippen molar-refractivity contribution in [1.82, 2.24) is 9.55 Å². The largest absolute Gasteiger partial charge is 0.497 e. The Morgan fingerprint density at radius 2 is 1.66 bits per heavy atom. The number of aryl methyl sites for hydroxylation is 1. The van der Waals surface area contributed by atoms with Crippen molar-refractivity contribution in [3.63, 3.8) is 0 Å². The van der Waals surface area contributed by atoms with E-state index in [0.29, 0.717) is 11.4 Å². The normalized spacial score (nSPS) is 13.5. The van der Waals surface area contributed by atoms with Gasteiger partial charge in [0.05, 0.1) is 23.7 Å². The third-order valence-corrected chi connectivity index (χ3v) is 6.32. The van der Waals surface area contributed by atoms with Gasteiger partial charge in [0.15, 0.2) is 5.82 Å². The Morgan fingerprint density at radius 1 is 0.976 bits per heavy atom. The quantitative estimate of drug-likeness (QED) is 0.262. The fraction of sp³-hybridized carbons (Fsp3) is 0.300. The predicted octanol–water partition coefficient (Wildman–Crippen LogP) is 6.07. The van der Waals surface area contributed by atoms with E-state index in [4.69, 9.17) is 9.47 Å². The van der Waals surface area contributed by atoms with E-state index in [9.17, 15) is 27.9 Å². The highest BCUT2D eigenvalue weighted by atomic mass is 19.4. The minimum Gasteiger partial charge on any atom is -0.497 e. The molecular weight excluding hydrogens is 539 g/mol. The van der Waals surface area contributed by atoms with Crippen LogP contribution in [0.4, 0.5) is 18.9 Å². The molecule has 0 aliphatic heterocycles. The molecule has 41 heavy (non-hydrogen) atoms. The van der Waals surface area contributed by atoms with E-state index in [1.165, 1.54) is 48.1 Å². The third kappa shape index (κ3) is 5.90. The molecule has 4 aromatic rings. The molecule has 216 valence electrons. The number of esters is 1. The van der Waals surface area contributed by atoms with Gasteiger partial charge in [0, 0.05) is 23.4 Å². The molecule has 0 spiro atoms. The van der Waals surface area contributed by atoms with Crippen molar-refractivity contribution < 1.29 is 37.3 Å². The first kappa shape index (κ1) is 29.6. The summed E-state index contributed by atoms with van der Waals surface area (Å²) in [6, 6.07) is 15.4. The summed E-state index contributed by atoms with van der Waals surface area (Å²) in [5, 5.41) is 13.9. The van der Waals surface area contributed by atoms with E-state index < -0.39 is 40.6 Å². The molecule has 3 aromatic carbocycles. The number of ether oxygens (including phenoxy) is 2. The number of benzene rings is 3. The van der Waals surface area contributed by atoms with Gasteiger partial charge in [-0.15, -0.1) is 0 Å². The van der Waals surface area contributed by atoms with Gasteiger partial charge in [0.1, 0.15) is 11.4 Å². The fourth-order valence-electron chi connectivity index (χ4n) is 4.38. The summed E-state index contributed by atoms with van der Waals surface area (Å²) in [6.07, 6.45) is -5.12. The Labute approximate surface area is 234 Å². The number of methoxy groups -OCH3 is 1. The van der Waals surface area contributed by atoms with Gasteiger partial charge in [-0.3, -0.25) is 4.79 Å². The van der Waals surface area contributed by atoms with Gasteiger partial charge in [-0.2, -0.15) is 13.2 Å². The van der Waals surface area contributed by atoms with Gasteiger partial charge in [-0.05, 0) is 76.2 Å². The number of hydrogen-bond donors (Lipinski definition) is 2. The number of anilines is 1. The standard InChI is InChI=1S/C30H30F3N3O5/c1-6-36-24-17-18(25(37)34-21-9-7-8-19(16-21)26(38)41-28(2,3)4)10-15-23(24)35-27(36)29(39,30(31,32)33)20-11-13-22(40-5)14-12-20/h7-17,39H,6H2,1-5H3,(H,34,37). The number of carbonyl (C=O) groups excluding carboxylic acids is 2. The van der Waals surface area contributed by atoms with Crippen LogP contribution in [0.1, 0.15) is 59.8 Å². The van der Waals surface area contributed by atoms with E-state index in [-0.39, 0.29) is 28.7 Å². The summed E-state index contributed by atoms with van der Waals surface area (Å²) in [7, 11) is 1.38. The van der Waals surface area contributed by atoms with E-state index >= 15 is 0 Å². The van der Waals surface area contributed by atoms with Crippen molar-refractivity contribution >= 4 is 28.6 Å². The molecule has 11 heteroatoms. The van der Waals surface area contributed by atoms with E-state index in [1.807, 2.05) is 0 Å². The van der Waals surface area contributed by atoms with E-state index in [1.54, 1.807) is 45.9 Å². The van der Waals surface area contributed by atoms with Crippen LogP contribution in [0.15, 0.2) is 66.7 Å². The Bertz CT molecular complexity index is 1590. The summed E-state index contributed by atoms with van der Waals surface area (Å²) in [5.41, 5.74) is -3.45. The van der Waals surface area contributed by atoms with Crippen LogP contribution in [-0.2, 0) is 16.9 Å². The van der Waals surface area contributed by atoms with Crippen molar-refractivity contribution in [2.75, 3.05) is 12.4 Å². The molecule has 0 aliphatic carbocycles. The lowest BCUT2D eigenvalue weighted by Gasteiger charge is -2.31. The molecule has 2 N–H and O–H groups in total. The number of aromatic nitrogens is 2. The van der Waals surface area contributed by atoms with Crippen LogP contribution in [0, 0.1) is 0 Å². The number of imidazole rings is 1. The van der Waals surface area contributed by atoms with E-state index in [2.05, 4.69) is 10.3 Å². The first-order valence-corrected chi connectivity index (χ1v) is 12.8. The number of fused-ring (bicyclic) bond motifs is 1. The van der Waals surface area contributed by atoms with Crippen LogP contribution in [0.3, 0.4) is 0 Å². The van der Waals surface area contributed by atoms with E-state index in [0.717, 1.165) is 12.1 Å². The number of hydrogen-bond acceptors (Lipinski definition) is 6. The molecule has 0 aliphatic rings. The highest BCUT2D eigenvalue weighted by Crippen LogP contribution is 2.45. The van der Waals surface area contributed by atoms with Crippen molar-refractivity contribution in [1.29, 1.82) is 0 Å². The van der Waals surface area contributed by atoms with Crippen molar-refractivity contribution in [3.05, 3.63) is 89.2 Å². The molecule has 4 rings (SSSR count). The second-order valence-corrected chi connectivity index (χ2v) is 10.4. The Morgan fingerprint density at radius 3 is 2.24 bits per heavy atom. The number of nitrogens with zero attached hydrogens (tertiary/aromatic N) is 2. The molecule has 0 radical (unpaired) electrons. The van der Waals surface area contributed by atoms with Crippen molar-refractivity contribution in [2.45, 2.75) is 51.6 Å². The Hall–Kier alpha value is -4.38. The number of amides is 1. The lowest BCUT2D eigenvalue weighted by atomic mass is 9.92. The summed E-state index contributed by atoms with van der Waals surface area (Å²) in [5.74, 6) is -1.41. The first-order chi connectivity index (χ1) is 19.2. The molecule has 1 heterocycles. The average Bonchev–Trinajstić information content (AvgIpc) is 3.29. The van der Waals surface area contributed by atoms with Crippen LogP contribution in [0.2, 0.25) is 0 Å². The maximum absolute atomic E-state index is 14.5. The average molecular weight is 570 g/mol. The topological polar surface area (TPSA) is 103 Å². The van der Waals surface area contributed by atoms with Gasteiger partial charge in [0.2, 0.25) is 5.60 Å². The monoisotopic (exact) mass is 569 g/mol. The fourth-order valence-corrected chi connectivity index (χ4v) is 4.38. The number of alkyl halides is 3. The molecule has 0 saturated carbocycles. The lowest BCUT2D eigenvalue weighted by Crippen LogP contribution is -2.45. The van der Waals surface area contributed by atoms with Gasteiger partial charge >= 0.3 is 12.1 Å². The molecule has 0 bridgehead atoms. The van der Waals surface area contributed by atoms with Crippen LogP contribution in [-0.4, -0.2) is 45.4 Å². The molecule has 1 unspecified atom stereocenters. The second kappa shape index (κ2) is 10.9. The molecule has 1 atom stereocenters. The smallest absolute Gasteiger partial charge is 0.428 e. The summed E-state index contributed by atoms with van der Waals surface area (Å²) in [4.78, 5) is 29.7. The maximum atomic E-state index is 14.5. The van der Waals surface area contributed by atoms with Gasteiger partial charge in [-0.1, -0.05) is 18.2 Å². The van der Waals surface area contributed by atoms with Crippen LogP contribution in [0.25, 0.3) is 11.0 Å². The number of carbonyl (C=O) groups is 2. The summed E-state index contributed by atoms with van der Waals surface area (Å²) >= 11 is 0. The molecule has 8 nitrogen and oxygen atoms in total. The molecule has 1 aromatic heterocycles. The minimum atomic E-state index is -5.12. The SMILES string of the molecule is CCn1c(C(O)(c2ccc(OC)cc2)C(F)(F)F)nc2ccc(C(=O)Nc3cccc(C(=O)OC(C)(C)C)c3)cc21. The van der Waals surface area contributed by atoms with Crippen molar-refractivity contribution in [2.24, 2.45) is 0 Å². The molecule has 0 fully saturated rings. The number of nitrogens with one attached hydrogen (secondary N) is 1. The lowest BCUT2D eigenvalue weighted by molar-refractivity contribution is -0.252. The van der Waals surface area contributed by atoms with Crippen LogP contribution >= 0.6 is 0 Å². The van der Waals surface area contributed by atoms with Crippen LogP contribution < -0.4 is 10.1 Å². The predicted molar refractivity (Wildman–Crippen MR) is 147 cm³/mol. The maximum Gasteiger partial charge on any atom is 0.428 e. The van der Waals surface area contributed by atoms with Gasteiger partial charge in [0.25, 0.3) is 5.91 Å². The highest BCUT2D eigenvalue weighted by Gasteiger charge is 2.59. The zero-order valence-corrected chi connectivity index (χ0v) is 23.2. The number of halogens is 3. The zero-order chi connectivity index (χ0) is 30.2. The zero-order valence-electron chi connectivity index (χ0n) is 23.2. The Kier molecular flexibility index (Phi) is 7.86. The summed E-state index contributed by atoms with van der Waals surface area (Å²) < 4.78 is 55.1. The van der Waals surface area contributed by atoms with Crippen LogP contribution in [0.5, 0.6) is 5.75 Å². The number of aliphatic hydroxyl groups is 1. The molecule has 1 amide bonds. The first-order valence-electron chi connectivity index (χ1n) is 12.8. The Balaban J connectivity index is 1.71. The molecular formula is C30H30F3N3O5. The highest BCUT2D eigenvalue weighted by molar-refractivity contribution is 6.06. The molecule has 0 saturated heterocycles. The van der Waals surface area contributed by atoms with Crippen molar-refractivity contribution in [3.8, 4) is 5.75 Å². The minimum absolute atomic E-state index is 0.0311.